The van der Waals surface area contributed by atoms with E-state index < -0.39 is 0 Å². The Kier molecular flexibility index (Phi) is 4.24. The summed E-state index contributed by atoms with van der Waals surface area (Å²) in [5.41, 5.74) is 2.84. The van der Waals surface area contributed by atoms with Gasteiger partial charge in [-0.25, -0.2) is 0 Å². The first kappa shape index (κ1) is 12.2. The maximum Gasteiger partial charge on any atom is 0.119 e. The number of rotatable bonds is 3. The van der Waals surface area contributed by atoms with Crippen LogP contribution < -0.4 is 4.74 Å². The van der Waals surface area contributed by atoms with Crippen LogP contribution in [0.15, 0.2) is 24.3 Å². The van der Waals surface area contributed by atoms with E-state index in [1.807, 2.05) is 0 Å². The van der Waals surface area contributed by atoms with Crippen molar-refractivity contribution in [1.29, 1.82) is 0 Å². The van der Waals surface area contributed by atoms with Crippen LogP contribution in [0, 0.1) is 0 Å². The van der Waals surface area contributed by atoms with Gasteiger partial charge < -0.3 is 4.74 Å². The molecule has 0 saturated heterocycles. The summed E-state index contributed by atoms with van der Waals surface area (Å²) in [5.74, 6) is 1.71. The molecule has 0 unspecified atom stereocenters. The van der Waals surface area contributed by atoms with E-state index in [2.05, 4.69) is 37.3 Å². The Labute approximate surface area is 104 Å². The minimum Gasteiger partial charge on any atom is -0.497 e. The van der Waals surface area contributed by atoms with Gasteiger partial charge in [-0.3, -0.25) is 0 Å². The van der Waals surface area contributed by atoms with Crippen molar-refractivity contribution >= 4 is 6.08 Å². The molecule has 1 fully saturated rings. The second-order valence-electron chi connectivity index (χ2n) is 4.83. The van der Waals surface area contributed by atoms with Gasteiger partial charge in [0.15, 0.2) is 0 Å². The molecule has 1 aliphatic carbocycles. The van der Waals surface area contributed by atoms with Crippen LogP contribution in [0.2, 0.25) is 0 Å². The Hall–Kier alpha value is -1.24. The molecule has 0 aliphatic heterocycles. The van der Waals surface area contributed by atoms with Crippen molar-refractivity contribution in [3.05, 3.63) is 35.4 Å². The molecule has 0 heterocycles. The molecule has 1 aliphatic rings. The number of hydrogen-bond donors (Lipinski definition) is 0. The molecule has 0 amide bonds. The van der Waals surface area contributed by atoms with Gasteiger partial charge in [0.25, 0.3) is 0 Å². The molecule has 0 bridgehead atoms. The number of benzene rings is 1. The molecular formula is C16H22O. The van der Waals surface area contributed by atoms with Gasteiger partial charge in [0, 0.05) is 0 Å². The molecule has 0 N–H and O–H groups in total. The fourth-order valence-electron chi connectivity index (χ4n) is 2.78. The molecule has 0 aromatic heterocycles. The van der Waals surface area contributed by atoms with Gasteiger partial charge in [0.2, 0.25) is 0 Å². The van der Waals surface area contributed by atoms with Gasteiger partial charge in [-0.05, 0) is 48.9 Å². The van der Waals surface area contributed by atoms with E-state index in [-0.39, 0.29) is 0 Å². The number of allylic oxidation sites excluding steroid dienone is 1. The molecule has 0 atom stereocenters. The van der Waals surface area contributed by atoms with E-state index in [4.69, 9.17) is 4.74 Å². The number of ether oxygens (including phenoxy) is 1. The first-order valence-corrected chi connectivity index (χ1v) is 6.65. The fourth-order valence-corrected chi connectivity index (χ4v) is 2.78. The van der Waals surface area contributed by atoms with E-state index in [1.54, 1.807) is 7.11 Å². The highest BCUT2D eigenvalue weighted by molar-refractivity contribution is 5.56. The van der Waals surface area contributed by atoms with Crippen LogP contribution in [0.1, 0.15) is 56.1 Å². The summed E-state index contributed by atoms with van der Waals surface area (Å²) in [5, 5.41) is 0. The number of hydrogen-bond acceptors (Lipinski definition) is 1. The normalized spacial score (nSPS) is 17.5. The van der Waals surface area contributed by atoms with Gasteiger partial charge in [-0.2, -0.15) is 0 Å². The highest BCUT2D eigenvalue weighted by Crippen LogP contribution is 2.36. The van der Waals surface area contributed by atoms with Crippen LogP contribution in [-0.4, -0.2) is 7.11 Å². The van der Waals surface area contributed by atoms with Crippen molar-refractivity contribution in [2.75, 3.05) is 7.11 Å². The van der Waals surface area contributed by atoms with Crippen molar-refractivity contribution in [2.45, 2.75) is 44.9 Å². The monoisotopic (exact) mass is 230 g/mol. The largest absolute Gasteiger partial charge is 0.497 e. The zero-order chi connectivity index (χ0) is 12.1. The highest BCUT2D eigenvalue weighted by atomic mass is 16.5. The summed E-state index contributed by atoms with van der Waals surface area (Å²) < 4.78 is 5.35. The van der Waals surface area contributed by atoms with Crippen LogP contribution in [0.5, 0.6) is 5.75 Å². The molecular weight excluding hydrogens is 208 g/mol. The summed E-state index contributed by atoms with van der Waals surface area (Å²) in [6.07, 6.45) is 11.1. The van der Waals surface area contributed by atoms with Crippen LogP contribution in [0.25, 0.3) is 6.08 Å². The summed E-state index contributed by atoms with van der Waals surface area (Å²) in [6.45, 7) is 2.08. The van der Waals surface area contributed by atoms with Crippen LogP contribution in [0.3, 0.4) is 0 Å². The molecule has 0 radical (unpaired) electrons. The fraction of sp³-hybridized carbons (Fsp3) is 0.500. The van der Waals surface area contributed by atoms with Crippen molar-refractivity contribution in [2.24, 2.45) is 0 Å². The SMILES string of the molecule is C/C=C/c1ccc(OC)cc1C1CCCCC1. The van der Waals surface area contributed by atoms with Crippen LogP contribution in [-0.2, 0) is 0 Å². The molecule has 17 heavy (non-hydrogen) atoms. The first-order chi connectivity index (χ1) is 8.35. The molecule has 2 rings (SSSR count). The summed E-state index contributed by atoms with van der Waals surface area (Å²) in [7, 11) is 1.75. The summed E-state index contributed by atoms with van der Waals surface area (Å²) in [6, 6.07) is 6.47. The van der Waals surface area contributed by atoms with Crippen LogP contribution >= 0.6 is 0 Å². The lowest BCUT2D eigenvalue weighted by Crippen LogP contribution is -2.06. The predicted octanol–water partition coefficient (Wildman–Crippen LogP) is 4.78. The van der Waals surface area contributed by atoms with Gasteiger partial charge >= 0.3 is 0 Å². The molecule has 1 aromatic carbocycles. The zero-order valence-electron chi connectivity index (χ0n) is 10.9. The molecule has 1 nitrogen and oxygen atoms in total. The smallest absolute Gasteiger partial charge is 0.119 e. The summed E-state index contributed by atoms with van der Waals surface area (Å²) >= 11 is 0. The lowest BCUT2D eigenvalue weighted by molar-refractivity contribution is 0.409. The Bertz CT molecular complexity index is 387. The Morgan fingerprint density at radius 3 is 2.59 bits per heavy atom. The molecule has 92 valence electrons. The highest BCUT2D eigenvalue weighted by Gasteiger charge is 2.18. The minimum atomic E-state index is 0.727. The third-order valence-corrected chi connectivity index (χ3v) is 3.69. The Morgan fingerprint density at radius 1 is 1.18 bits per heavy atom. The molecule has 0 spiro atoms. The third-order valence-electron chi connectivity index (χ3n) is 3.69. The quantitative estimate of drug-likeness (QED) is 0.726. The van der Waals surface area contributed by atoms with E-state index in [9.17, 15) is 0 Å². The second-order valence-corrected chi connectivity index (χ2v) is 4.83. The minimum absolute atomic E-state index is 0.727. The maximum absolute atomic E-state index is 5.35. The first-order valence-electron chi connectivity index (χ1n) is 6.65. The summed E-state index contributed by atoms with van der Waals surface area (Å²) in [4.78, 5) is 0. The Morgan fingerprint density at radius 2 is 1.94 bits per heavy atom. The van der Waals surface area contributed by atoms with Gasteiger partial charge in [0.1, 0.15) is 5.75 Å². The molecule has 1 saturated carbocycles. The topological polar surface area (TPSA) is 9.23 Å². The second kappa shape index (κ2) is 5.90. The van der Waals surface area contributed by atoms with E-state index in [0.29, 0.717) is 0 Å². The van der Waals surface area contributed by atoms with E-state index >= 15 is 0 Å². The average molecular weight is 230 g/mol. The van der Waals surface area contributed by atoms with Crippen molar-refractivity contribution in [3.8, 4) is 5.75 Å². The zero-order valence-corrected chi connectivity index (χ0v) is 10.9. The van der Waals surface area contributed by atoms with Crippen LogP contribution in [0.4, 0.5) is 0 Å². The van der Waals surface area contributed by atoms with Gasteiger partial charge in [-0.15, -0.1) is 0 Å². The molecule has 1 heteroatoms. The maximum atomic E-state index is 5.35. The van der Waals surface area contributed by atoms with E-state index in [0.717, 1.165) is 11.7 Å². The van der Waals surface area contributed by atoms with Crippen molar-refractivity contribution in [3.63, 3.8) is 0 Å². The van der Waals surface area contributed by atoms with Crippen molar-refractivity contribution in [1.82, 2.24) is 0 Å². The average Bonchev–Trinajstić information content (AvgIpc) is 2.40. The number of methoxy groups -OCH3 is 1. The van der Waals surface area contributed by atoms with Crippen molar-refractivity contribution < 1.29 is 4.74 Å². The van der Waals surface area contributed by atoms with Gasteiger partial charge in [0.05, 0.1) is 7.11 Å². The Balaban J connectivity index is 2.32. The standard InChI is InChI=1S/C16H22O/c1-3-7-13-10-11-15(17-2)12-16(13)14-8-5-4-6-9-14/h3,7,10-12,14H,4-6,8-9H2,1-2H3/b7-3+. The lowest BCUT2D eigenvalue weighted by atomic mass is 9.82. The third kappa shape index (κ3) is 2.91. The van der Waals surface area contributed by atoms with E-state index in [1.165, 1.54) is 43.2 Å². The molecule has 1 aromatic rings. The lowest BCUT2D eigenvalue weighted by Gasteiger charge is -2.24. The predicted molar refractivity (Wildman–Crippen MR) is 73.5 cm³/mol. The van der Waals surface area contributed by atoms with Gasteiger partial charge in [-0.1, -0.05) is 37.5 Å².